The van der Waals surface area contributed by atoms with Gasteiger partial charge in [-0.2, -0.15) is 0 Å². The van der Waals surface area contributed by atoms with E-state index in [4.69, 9.17) is 4.74 Å². The van der Waals surface area contributed by atoms with Crippen LogP contribution in [0.2, 0.25) is 0 Å². The summed E-state index contributed by atoms with van der Waals surface area (Å²) in [5, 5.41) is 6.92. The molecular formula is C11H17N3O5. The zero-order valence-electron chi connectivity index (χ0n) is 10.7. The Morgan fingerprint density at radius 3 is 2.79 bits per heavy atom. The predicted octanol–water partition coefficient (Wildman–Crippen LogP) is -0.956. The first-order valence-electron chi connectivity index (χ1n) is 6.06. The first kappa shape index (κ1) is 14.9. The lowest BCUT2D eigenvalue weighted by Gasteiger charge is -2.22. The van der Waals surface area contributed by atoms with Gasteiger partial charge in [0, 0.05) is 13.0 Å². The molecule has 0 aromatic rings. The number of hydrogen-bond acceptors (Lipinski definition) is 5. The number of hydrogen-bond donors (Lipinski definition) is 3. The normalized spacial score (nSPS) is 18.3. The molecule has 4 amide bonds. The van der Waals surface area contributed by atoms with Gasteiger partial charge in [-0.25, -0.2) is 4.79 Å². The van der Waals surface area contributed by atoms with Gasteiger partial charge in [0.25, 0.3) is 0 Å². The van der Waals surface area contributed by atoms with Crippen LogP contribution in [0.1, 0.15) is 26.2 Å². The number of carbonyl (C=O) groups is 4. The largest absolute Gasteiger partial charge is 0.466 e. The number of urea groups is 1. The van der Waals surface area contributed by atoms with Crippen molar-refractivity contribution in [3.05, 3.63) is 0 Å². The van der Waals surface area contributed by atoms with Crippen molar-refractivity contribution >= 4 is 23.8 Å². The number of amides is 4. The van der Waals surface area contributed by atoms with E-state index in [1.165, 1.54) is 0 Å². The van der Waals surface area contributed by atoms with Gasteiger partial charge >= 0.3 is 12.0 Å². The lowest BCUT2D eigenvalue weighted by molar-refractivity contribution is -0.143. The summed E-state index contributed by atoms with van der Waals surface area (Å²) in [6.45, 7) is 2.33. The molecule has 1 unspecified atom stereocenters. The van der Waals surface area contributed by atoms with Crippen LogP contribution >= 0.6 is 0 Å². The summed E-state index contributed by atoms with van der Waals surface area (Å²) in [6.07, 6.45) is 0.568. The van der Waals surface area contributed by atoms with E-state index in [1.807, 2.05) is 5.32 Å². The summed E-state index contributed by atoms with van der Waals surface area (Å²) < 4.78 is 4.73. The number of carbonyl (C=O) groups excluding carboxylic acids is 4. The van der Waals surface area contributed by atoms with Crippen LogP contribution < -0.4 is 16.0 Å². The highest BCUT2D eigenvalue weighted by molar-refractivity contribution is 6.02. The van der Waals surface area contributed by atoms with Gasteiger partial charge in [-0.3, -0.25) is 19.7 Å². The van der Waals surface area contributed by atoms with E-state index in [0.717, 1.165) is 0 Å². The van der Waals surface area contributed by atoms with Crippen LogP contribution in [-0.2, 0) is 19.1 Å². The van der Waals surface area contributed by atoms with Crippen molar-refractivity contribution in [2.75, 3.05) is 13.2 Å². The van der Waals surface area contributed by atoms with E-state index < -0.39 is 23.9 Å². The third-order valence-electron chi connectivity index (χ3n) is 2.43. The molecule has 8 nitrogen and oxygen atoms in total. The van der Waals surface area contributed by atoms with E-state index >= 15 is 0 Å². The molecule has 1 aliphatic rings. The van der Waals surface area contributed by atoms with Crippen LogP contribution in [0.4, 0.5) is 4.79 Å². The molecule has 0 radical (unpaired) electrons. The Morgan fingerprint density at radius 2 is 2.16 bits per heavy atom. The highest BCUT2D eigenvalue weighted by Gasteiger charge is 2.28. The van der Waals surface area contributed by atoms with Crippen LogP contribution in [0.3, 0.4) is 0 Å². The second kappa shape index (κ2) is 7.34. The Balaban J connectivity index is 2.22. The Bertz CT molecular complexity index is 367. The minimum absolute atomic E-state index is 0.0878. The van der Waals surface area contributed by atoms with Gasteiger partial charge in [-0.1, -0.05) is 0 Å². The molecule has 106 valence electrons. The minimum Gasteiger partial charge on any atom is -0.466 e. The first-order valence-corrected chi connectivity index (χ1v) is 6.06. The molecule has 1 aliphatic heterocycles. The molecule has 1 heterocycles. The van der Waals surface area contributed by atoms with Crippen molar-refractivity contribution in [1.82, 2.24) is 16.0 Å². The summed E-state index contributed by atoms with van der Waals surface area (Å²) in [6, 6.07) is -1.54. The average Bonchev–Trinajstić information content (AvgIpc) is 2.33. The molecule has 0 bridgehead atoms. The third kappa shape index (κ3) is 5.36. The second-order valence-corrected chi connectivity index (χ2v) is 3.98. The van der Waals surface area contributed by atoms with Crippen molar-refractivity contribution in [2.24, 2.45) is 0 Å². The molecule has 19 heavy (non-hydrogen) atoms. The maximum atomic E-state index is 11.6. The van der Waals surface area contributed by atoms with Crippen molar-refractivity contribution in [3.8, 4) is 0 Å². The fraction of sp³-hybridized carbons (Fsp3) is 0.636. The SMILES string of the molecule is CCOC(=O)CCCNC(=O)C1CC(=O)NC(=O)N1. The molecular weight excluding hydrogens is 254 g/mol. The monoisotopic (exact) mass is 271 g/mol. The molecule has 0 aromatic heterocycles. The molecule has 1 atom stereocenters. The summed E-state index contributed by atoms with van der Waals surface area (Å²) in [7, 11) is 0. The van der Waals surface area contributed by atoms with Gasteiger partial charge < -0.3 is 15.4 Å². The molecule has 0 aliphatic carbocycles. The van der Waals surface area contributed by atoms with Gasteiger partial charge in [0.15, 0.2) is 0 Å². The Hall–Kier alpha value is -2.12. The fourth-order valence-electron chi connectivity index (χ4n) is 1.57. The summed E-state index contributed by atoms with van der Waals surface area (Å²) in [5.41, 5.74) is 0. The highest BCUT2D eigenvalue weighted by Crippen LogP contribution is 1.99. The number of ether oxygens (including phenoxy) is 1. The van der Waals surface area contributed by atoms with Crippen LogP contribution in [0.5, 0.6) is 0 Å². The maximum absolute atomic E-state index is 11.6. The summed E-state index contributed by atoms with van der Waals surface area (Å²) in [5.74, 6) is -1.25. The number of imide groups is 1. The molecule has 0 saturated carbocycles. The van der Waals surface area contributed by atoms with Gasteiger partial charge in [-0.05, 0) is 13.3 Å². The fourth-order valence-corrected chi connectivity index (χ4v) is 1.57. The van der Waals surface area contributed by atoms with E-state index in [0.29, 0.717) is 13.0 Å². The quantitative estimate of drug-likeness (QED) is 0.425. The standard InChI is InChI=1S/C11H17N3O5/c1-2-19-9(16)4-3-5-12-10(17)7-6-8(15)14-11(18)13-7/h7H,2-6H2,1H3,(H,12,17)(H2,13,14,15,18). The molecule has 1 saturated heterocycles. The average molecular weight is 271 g/mol. The first-order chi connectivity index (χ1) is 9.02. The van der Waals surface area contributed by atoms with Gasteiger partial charge in [0.2, 0.25) is 11.8 Å². The van der Waals surface area contributed by atoms with Crippen molar-refractivity contribution < 1.29 is 23.9 Å². The van der Waals surface area contributed by atoms with Crippen LogP contribution in [-0.4, -0.2) is 43.0 Å². The Morgan fingerprint density at radius 1 is 1.42 bits per heavy atom. The topological polar surface area (TPSA) is 114 Å². The van der Waals surface area contributed by atoms with Crippen LogP contribution in [0.15, 0.2) is 0 Å². The predicted molar refractivity (Wildman–Crippen MR) is 64.0 cm³/mol. The Kier molecular flexibility index (Phi) is 5.77. The van der Waals surface area contributed by atoms with E-state index in [-0.39, 0.29) is 25.4 Å². The van der Waals surface area contributed by atoms with Gasteiger partial charge in [0.05, 0.1) is 13.0 Å². The maximum Gasteiger partial charge on any atom is 0.322 e. The summed E-state index contributed by atoms with van der Waals surface area (Å²) >= 11 is 0. The summed E-state index contributed by atoms with van der Waals surface area (Å²) in [4.78, 5) is 44.7. The Labute approximate surface area is 110 Å². The number of rotatable bonds is 6. The lowest BCUT2D eigenvalue weighted by Crippen LogP contribution is -2.57. The molecule has 0 spiro atoms. The number of esters is 1. The number of nitrogens with one attached hydrogen (secondary N) is 3. The smallest absolute Gasteiger partial charge is 0.322 e. The zero-order valence-corrected chi connectivity index (χ0v) is 10.7. The lowest BCUT2D eigenvalue weighted by atomic mass is 10.1. The molecule has 1 fully saturated rings. The molecule has 3 N–H and O–H groups in total. The van der Waals surface area contributed by atoms with Crippen molar-refractivity contribution in [1.29, 1.82) is 0 Å². The molecule has 1 rings (SSSR count). The molecule has 0 aromatic carbocycles. The van der Waals surface area contributed by atoms with Gasteiger partial charge in [-0.15, -0.1) is 0 Å². The van der Waals surface area contributed by atoms with Crippen molar-refractivity contribution in [3.63, 3.8) is 0 Å². The van der Waals surface area contributed by atoms with Gasteiger partial charge in [0.1, 0.15) is 6.04 Å². The van der Waals surface area contributed by atoms with Crippen LogP contribution in [0, 0.1) is 0 Å². The zero-order chi connectivity index (χ0) is 14.3. The molecule has 8 heteroatoms. The van der Waals surface area contributed by atoms with E-state index in [1.54, 1.807) is 6.92 Å². The highest BCUT2D eigenvalue weighted by atomic mass is 16.5. The second-order valence-electron chi connectivity index (χ2n) is 3.98. The van der Waals surface area contributed by atoms with Crippen molar-refractivity contribution in [2.45, 2.75) is 32.2 Å². The minimum atomic E-state index is -0.858. The third-order valence-corrected chi connectivity index (χ3v) is 2.43. The van der Waals surface area contributed by atoms with E-state index in [2.05, 4.69) is 10.6 Å². The van der Waals surface area contributed by atoms with Crippen LogP contribution in [0.25, 0.3) is 0 Å². The van der Waals surface area contributed by atoms with E-state index in [9.17, 15) is 19.2 Å².